The first-order valence-corrected chi connectivity index (χ1v) is 7.99. The van der Waals surface area contributed by atoms with Crippen LogP contribution in [0.3, 0.4) is 0 Å². The molecule has 5 aliphatic rings. The van der Waals surface area contributed by atoms with Crippen molar-refractivity contribution in [3.8, 4) is 0 Å². The molecule has 104 valence electrons. The van der Waals surface area contributed by atoms with E-state index in [0.29, 0.717) is 6.04 Å². The average molecular weight is 267 g/mol. The van der Waals surface area contributed by atoms with E-state index in [0.717, 1.165) is 18.3 Å². The molecule has 20 heavy (non-hydrogen) atoms. The van der Waals surface area contributed by atoms with Crippen molar-refractivity contribution < 1.29 is 0 Å². The summed E-state index contributed by atoms with van der Waals surface area (Å²) in [6, 6.07) is 9.35. The maximum atomic E-state index is 4.94. The smallest absolute Gasteiger partial charge is 0.110 e. The molecule has 4 saturated heterocycles. The molecule has 6 rings (SSSR count). The molecule has 4 fully saturated rings. The fourth-order valence-corrected chi connectivity index (χ4v) is 4.89. The van der Waals surface area contributed by atoms with E-state index < -0.39 is 0 Å². The van der Waals surface area contributed by atoms with Gasteiger partial charge in [0.1, 0.15) is 5.84 Å². The van der Waals surface area contributed by atoms with Gasteiger partial charge in [-0.05, 0) is 36.3 Å². The number of nitrogens with zero attached hydrogens (tertiary/aromatic N) is 3. The van der Waals surface area contributed by atoms with E-state index in [1.165, 1.54) is 56.1 Å². The zero-order chi connectivity index (χ0) is 13.1. The lowest BCUT2D eigenvalue weighted by Crippen LogP contribution is -2.50. The monoisotopic (exact) mass is 267 g/mol. The van der Waals surface area contributed by atoms with E-state index in [1.54, 1.807) is 0 Å². The van der Waals surface area contributed by atoms with Crippen LogP contribution in [0, 0.1) is 11.8 Å². The van der Waals surface area contributed by atoms with E-state index >= 15 is 0 Å². The Labute approximate surface area is 120 Å². The molecule has 1 aromatic rings. The van der Waals surface area contributed by atoms with Crippen molar-refractivity contribution in [2.45, 2.75) is 25.3 Å². The molecule has 4 atom stereocenters. The average Bonchev–Trinajstić information content (AvgIpc) is 2.77. The van der Waals surface area contributed by atoms with Crippen molar-refractivity contribution in [1.29, 1.82) is 0 Å². The van der Waals surface area contributed by atoms with Crippen LogP contribution in [-0.2, 0) is 6.42 Å². The number of benzene rings is 1. The molecule has 3 heteroatoms. The fourth-order valence-electron chi connectivity index (χ4n) is 4.89. The van der Waals surface area contributed by atoms with E-state index in [4.69, 9.17) is 4.99 Å². The molecule has 4 bridgehead atoms. The molecule has 0 radical (unpaired) electrons. The number of fused-ring (bicyclic) bond motifs is 2. The molecule has 0 spiro atoms. The first-order valence-electron chi connectivity index (χ1n) is 7.99. The topological polar surface area (TPSA) is 18.8 Å². The third-order valence-corrected chi connectivity index (χ3v) is 5.59. The summed E-state index contributed by atoms with van der Waals surface area (Å²) in [6.07, 6.45) is 3.89. The molecule has 4 unspecified atom stereocenters. The van der Waals surface area contributed by atoms with Crippen LogP contribution < -0.4 is 0 Å². The SMILES string of the molecule is c1ccc2c(c1)CC(N1CC3CC4CC1CN(C4)C3)=N2. The molecule has 3 nitrogen and oxygen atoms in total. The molecule has 5 aliphatic heterocycles. The van der Waals surface area contributed by atoms with Gasteiger partial charge in [-0.2, -0.15) is 0 Å². The van der Waals surface area contributed by atoms with Crippen molar-refractivity contribution in [3.05, 3.63) is 29.8 Å². The predicted octanol–water partition coefficient (Wildman–Crippen LogP) is 2.30. The van der Waals surface area contributed by atoms with Crippen molar-refractivity contribution in [3.63, 3.8) is 0 Å². The van der Waals surface area contributed by atoms with Gasteiger partial charge in [0.25, 0.3) is 0 Å². The number of rotatable bonds is 0. The summed E-state index contributed by atoms with van der Waals surface area (Å²) in [4.78, 5) is 10.3. The summed E-state index contributed by atoms with van der Waals surface area (Å²) < 4.78 is 0. The molecule has 5 heterocycles. The van der Waals surface area contributed by atoms with Crippen LogP contribution in [0.4, 0.5) is 5.69 Å². The Morgan fingerprint density at radius 1 is 0.950 bits per heavy atom. The lowest BCUT2D eigenvalue weighted by molar-refractivity contribution is 0.0895. The van der Waals surface area contributed by atoms with Gasteiger partial charge >= 0.3 is 0 Å². The second-order valence-electron chi connectivity index (χ2n) is 7.06. The van der Waals surface area contributed by atoms with Crippen molar-refractivity contribution >= 4 is 11.5 Å². The van der Waals surface area contributed by atoms with Crippen LogP contribution in [0.1, 0.15) is 18.4 Å². The first kappa shape index (κ1) is 11.3. The fraction of sp³-hybridized carbons (Fsp3) is 0.588. The highest BCUT2D eigenvalue weighted by atomic mass is 15.3. The van der Waals surface area contributed by atoms with Crippen LogP contribution in [0.2, 0.25) is 0 Å². The van der Waals surface area contributed by atoms with Crippen LogP contribution in [0.15, 0.2) is 29.3 Å². The van der Waals surface area contributed by atoms with E-state index in [1.807, 2.05) is 0 Å². The summed E-state index contributed by atoms with van der Waals surface area (Å²) >= 11 is 0. The van der Waals surface area contributed by atoms with E-state index in [-0.39, 0.29) is 0 Å². The quantitative estimate of drug-likeness (QED) is 0.718. The van der Waals surface area contributed by atoms with Crippen LogP contribution in [0.5, 0.6) is 0 Å². The Balaban J connectivity index is 1.48. The second kappa shape index (κ2) is 4.08. The van der Waals surface area contributed by atoms with E-state index in [2.05, 4.69) is 34.1 Å². The summed E-state index contributed by atoms with van der Waals surface area (Å²) in [6.45, 7) is 5.18. The maximum absolute atomic E-state index is 4.94. The predicted molar refractivity (Wildman–Crippen MR) is 80.4 cm³/mol. The highest BCUT2D eigenvalue weighted by Gasteiger charge is 2.42. The first-order chi connectivity index (χ1) is 9.85. The molecular weight excluding hydrogens is 246 g/mol. The van der Waals surface area contributed by atoms with Gasteiger partial charge in [0.15, 0.2) is 0 Å². The van der Waals surface area contributed by atoms with Crippen molar-refractivity contribution in [2.24, 2.45) is 16.8 Å². The summed E-state index contributed by atoms with van der Waals surface area (Å²) in [5, 5.41) is 0. The van der Waals surface area contributed by atoms with Crippen molar-refractivity contribution in [1.82, 2.24) is 9.80 Å². The Kier molecular flexibility index (Phi) is 2.31. The van der Waals surface area contributed by atoms with Crippen molar-refractivity contribution in [2.75, 3.05) is 26.2 Å². The summed E-state index contributed by atoms with van der Waals surface area (Å²) in [5.74, 6) is 3.15. The van der Waals surface area contributed by atoms with Gasteiger partial charge in [0.05, 0.1) is 5.69 Å². The molecule has 1 aromatic carbocycles. The number of hydrogen-bond donors (Lipinski definition) is 0. The van der Waals surface area contributed by atoms with Gasteiger partial charge < -0.3 is 9.80 Å². The summed E-state index contributed by atoms with van der Waals surface area (Å²) in [7, 11) is 0. The third-order valence-electron chi connectivity index (χ3n) is 5.59. The molecule has 0 amide bonds. The summed E-state index contributed by atoms with van der Waals surface area (Å²) in [5.41, 5.74) is 2.61. The minimum Gasteiger partial charge on any atom is -0.355 e. The minimum atomic E-state index is 0.717. The molecular formula is C17H21N3. The van der Waals surface area contributed by atoms with E-state index in [9.17, 15) is 0 Å². The Morgan fingerprint density at radius 2 is 1.85 bits per heavy atom. The number of amidine groups is 1. The number of hydrogen-bond acceptors (Lipinski definition) is 3. The second-order valence-corrected chi connectivity index (χ2v) is 7.06. The van der Waals surface area contributed by atoms with Gasteiger partial charge in [-0.3, -0.25) is 0 Å². The van der Waals surface area contributed by atoms with Gasteiger partial charge in [-0.15, -0.1) is 0 Å². The maximum Gasteiger partial charge on any atom is 0.110 e. The zero-order valence-electron chi connectivity index (χ0n) is 11.8. The van der Waals surface area contributed by atoms with Gasteiger partial charge in [-0.25, -0.2) is 4.99 Å². The van der Waals surface area contributed by atoms with Crippen LogP contribution in [0.25, 0.3) is 0 Å². The van der Waals surface area contributed by atoms with Gasteiger partial charge in [0.2, 0.25) is 0 Å². The normalized spacial score (nSPS) is 37.8. The number of para-hydroxylation sites is 1. The lowest BCUT2D eigenvalue weighted by Gasteiger charge is -2.41. The minimum absolute atomic E-state index is 0.717. The highest BCUT2D eigenvalue weighted by Crippen LogP contribution is 2.38. The molecule has 0 saturated carbocycles. The van der Waals surface area contributed by atoms with Gasteiger partial charge in [-0.1, -0.05) is 18.2 Å². The largest absolute Gasteiger partial charge is 0.355 e. The molecule has 0 N–H and O–H groups in total. The molecule has 0 aliphatic carbocycles. The van der Waals surface area contributed by atoms with Gasteiger partial charge in [0, 0.05) is 38.6 Å². The lowest BCUT2D eigenvalue weighted by atomic mass is 9.84. The third kappa shape index (κ3) is 1.65. The molecule has 0 aromatic heterocycles. The van der Waals surface area contributed by atoms with Crippen LogP contribution >= 0.6 is 0 Å². The Hall–Kier alpha value is -1.35. The highest BCUT2D eigenvalue weighted by molar-refractivity contribution is 5.92. The van der Waals surface area contributed by atoms with Crippen LogP contribution in [-0.4, -0.2) is 47.9 Å². The number of piperidine rings is 2. The Bertz CT molecular complexity index is 565. The zero-order valence-corrected chi connectivity index (χ0v) is 11.8. The number of aliphatic imine (C=N–C) groups is 1. The Morgan fingerprint density at radius 3 is 2.75 bits per heavy atom. The standard InChI is InChI=1S/C17H21N3/c1-2-4-16-14(3-1)7-17(18-16)20-10-13-5-12-6-15(20)11-19(8-12)9-13/h1-4,12-13,15H,5-11H2.